The van der Waals surface area contributed by atoms with Gasteiger partial charge >= 0.3 is 0 Å². The summed E-state index contributed by atoms with van der Waals surface area (Å²) in [5.41, 5.74) is 2.43. The Bertz CT molecular complexity index is 587. The van der Waals surface area contributed by atoms with Crippen LogP contribution < -0.4 is 5.32 Å². The monoisotopic (exact) mass is 270 g/mol. The Morgan fingerprint density at radius 1 is 1.40 bits per heavy atom. The Labute approximate surface area is 118 Å². The lowest BCUT2D eigenvalue weighted by Crippen LogP contribution is -2.23. The number of nitriles is 1. The van der Waals surface area contributed by atoms with Crippen LogP contribution in [0.3, 0.4) is 0 Å². The SMILES string of the molecule is CC(C#N)CCC(C)C(=O)Nc1ccc2c(c1)C(=O)C2. The van der Waals surface area contributed by atoms with Crippen LogP contribution in [0.2, 0.25) is 0 Å². The summed E-state index contributed by atoms with van der Waals surface area (Å²) in [6.45, 7) is 3.71. The van der Waals surface area contributed by atoms with Crippen molar-refractivity contribution in [1.82, 2.24) is 0 Å². The zero-order valence-corrected chi connectivity index (χ0v) is 11.8. The summed E-state index contributed by atoms with van der Waals surface area (Å²) < 4.78 is 0. The van der Waals surface area contributed by atoms with Crippen LogP contribution in [0.25, 0.3) is 0 Å². The Balaban J connectivity index is 1.91. The number of hydrogen-bond acceptors (Lipinski definition) is 3. The highest BCUT2D eigenvalue weighted by Gasteiger charge is 2.23. The second-order valence-electron chi connectivity index (χ2n) is 5.47. The summed E-state index contributed by atoms with van der Waals surface area (Å²) in [4.78, 5) is 23.4. The summed E-state index contributed by atoms with van der Waals surface area (Å²) >= 11 is 0. The van der Waals surface area contributed by atoms with Gasteiger partial charge in [0.05, 0.1) is 6.07 Å². The highest BCUT2D eigenvalue weighted by atomic mass is 16.2. The number of amides is 1. The van der Waals surface area contributed by atoms with E-state index in [2.05, 4.69) is 11.4 Å². The number of benzene rings is 1. The molecule has 4 heteroatoms. The van der Waals surface area contributed by atoms with Gasteiger partial charge in [0.2, 0.25) is 5.91 Å². The van der Waals surface area contributed by atoms with Crippen molar-refractivity contribution in [2.24, 2.45) is 11.8 Å². The van der Waals surface area contributed by atoms with Crippen molar-refractivity contribution in [1.29, 1.82) is 5.26 Å². The molecule has 0 saturated heterocycles. The first-order chi connectivity index (χ1) is 9.51. The molecule has 0 heterocycles. The van der Waals surface area contributed by atoms with Crippen LogP contribution in [0.4, 0.5) is 5.69 Å². The Morgan fingerprint density at radius 3 is 2.80 bits per heavy atom. The van der Waals surface area contributed by atoms with Gasteiger partial charge in [-0.3, -0.25) is 9.59 Å². The van der Waals surface area contributed by atoms with Crippen molar-refractivity contribution in [2.45, 2.75) is 33.1 Å². The number of anilines is 1. The first-order valence-electron chi connectivity index (χ1n) is 6.88. The van der Waals surface area contributed by atoms with Gasteiger partial charge in [0.1, 0.15) is 0 Å². The van der Waals surface area contributed by atoms with Crippen molar-refractivity contribution in [3.05, 3.63) is 29.3 Å². The molecule has 0 radical (unpaired) electrons. The molecule has 4 nitrogen and oxygen atoms in total. The van der Waals surface area contributed by atoms with Crippen molar-refractivity contribution in [3.63, 3.8) is 0 Å². The number of nitrogens with one attached hydrogen (secondary N) is 1. The highest BCUT2D eigenvalue weighted by molar-refractivity contribution is 6.07. The molecule has 1 N–H and O–H groups in total. The van der Waals surface area contributed by atoms with Crippen LogP contribution in [-0.2, 0) is 11.2 Å². The molecule has 2 rings (SSSR count). The maximum atomic E-state index is 12.0. The third-order valence-corrected chi connectivity index (χ3v) is 3.73. The van der Waals surface area contributed by atoms with Gasteiger partial charge in [-0.05, 0) is 37.5 Å². The molecule has 104 valence electrons. The van der Waals surface area contributed by atoms with Crippen LogP contribution in [0.5, 0.6) is 0 Å². The molecule has 0 saturated carbocycles. The van der Waals surface area contributed by atoms with Gasteiger partial charge in [0.25, 0.3) is 0 Å². The number of fused-ring (bicyclic) bond motifs is 1. The number of Topliss-reactive ketones (excluding diaryl/α,β-unsaturated/α-hetero) is 1. The molecule has 1 amide bonds. The van der Waals surface area contributed by atoms with E-state index in [1.54, 1.807) is 6.07 Å². The first-order valence-corrected chi connectivity index (χ1v) is 6.88. The van der Waals surface area contributed by atoms with Gasteiger partial charge in [-0.1, -0.05) is 13.0 Å². The number of hydrogen-bond donors (Lipinski definition) is 1. The minimum Gasteiger partial charge on any atom is -0.326 e. The van der Waals surface area contributed by atoms with Crippen molar-refractivity contribution in [2.75, 3.05) is 5.32 Å². The fraction of sp³-hybridized carbons (Fsp3) is 0.438. The number of nitrogens with zero attached hydrogens (tertiary/aromatic N) is 1. The quantitative estimate of drug-likeness (QED) is 0.894. The molecule has 0 spiro atoms. The number of ketones is 1. The van der Waals surface area contributed by atoms with Crippen LogP contribution >= 0.6 is 0 Å². The minimum atomic E-state index is -0.146. The summed E-state index contributed by atoms with van der Waals surface area (Å²) in [5.74, 6) is -0.110. The number of carbonyl (C=O) groups is 2. The molecule has 1 aromatic rings. The van der Waals surface area contributed by atoms with E-state index in [1.807, 2.05) is 26.0 Å². The molecule has 2 atom stereocenters. The number of carbonyl (C=O) groups excluding carboxylic acids is 2. The van der Waals surface area contributed by atoms with E-state index in [9.17, 15) is 9.59 Å². The van der Waals surface area contributed by atoms with Gasteiger partial charge in [-0.2, -0.15) is 5.26 Å². The maximum Gasteiger partial charge on any atom is 0.227 e. The van der Waals surface area contributed by atoms with Gasteiger partial charge in [-0.15, -0.1) is 0 Å². The molecule has 0 bridgehead atoms. The molecule has 1 aliphatic rings. The third kappa shape index (κ3) is 3.05. The molecule has 20 heavy (non-hydrogen) atoms. The lowest BCUT2D eigenvalue weighted by atomic mass is 9.87. The van der Waals surface area contributed by atoms with E-state index in [4.69, 9.17) is 5.26 Å². The zero-order chi connectivity index (χ0) is 14.7. The van der Waals surface area contributed by atoms with Crippen LogP contribution in [0, 0.1) is 23.2 Å². The summed E-state index contributed by atoms with van der Waals surface area (Å²) in [6, 6.07) is 7.62. The first kappa shape index (κ1) is 14.3. The smallest absolute Gasteiger partial charge is 0.227 e. The van der Waals surface area contributed by atoms with Crippen LogP contribution in [-0.4, -0.2) is 11.7 Å². The normalized spacial score (nSPS) is 15.6. The van der Waals surface area contributed by atoms with Crippen molar-refractivity contribution >= 4 is 17.4 Å². The molecule has 0 aromatic heterocycles. The standard InChI is InChI=1S/C16H18N2O2/c1-10(9-17)3-4-11(2)16(20)18-13-6-5-12-7-15(19)14(12)8-13/h5-6,8,10-11H,3-4,7H2,1-2H3,(H,18,20). The molecule has 2 unspecified atom stereocenters. The van der Waals surface area contributed by atoms with E-state index in [-0.39, 0.29) is 23.5 Å². The highest BCUT2D eigenvalue weighted by Crippen LogP contribution is 2.26. The van der Waals surface area contributed by atoms with E-state index < -0.39 is 0 Å². The van der Waals surface area contributed by atoms with E-state index in [0.717, 1.165) is 5.56 Å². The molecule has 1 aromatic carbocycles. The second kappa shape index (κ2) is 5.87. The van der Waals surface area contributed by atoms with Crippen LogP contribution in [0.1, 0.15) is 42.6 Å². The second-order valence-corrected chi connectivity index (χ2v) is 5.47. The molecular weight excluding hydrogens is 252 g/mol. The fourth-order valence-electron chi connectivity index (χ4n) is 2.19. The van der Waals surface area contributed by atoms with Crippen molar-refractivity contribution in [3.8, 4) is 6.07 Å². The lowest BCUT2D eigenvalue weighted by Gasteiger charge is -2.19. The van der Waals surface area contributed by atoms with Gasteiger partial charge < -0.3 is 5.32 Å². The molecule has 0 fully saturated rings. The van der Waals surface area contributed by atoms with Gasteiger partial charge in [-0.25, -0.2) is 0 Å². The van der Waals surface area contributed by atoms with E-state index >= 15 is 0 Å². The lowest BCUT2D eigenvalue weighted by molar-refractivity contribution is -0.119. The predicted molar refractivity (Wildman–Crippen MR) is 76.3 cm³/mol. The zero-order valence-electron chi connectivity index (χ0n) is 11.8. The van der Waals surface area contributed by atoms with Gasteiger partial charge in [0.15, 0.2) is 5.78 Å². The number of rotatable bonds is 5. The molecular formula is C16H18N2O2. The van der Waals surface area contributed by atoms with Crippen LogP contribution in [0.15, 0.2) is 18.2 Å². The average molecular weight is 270 g/mol. The summed E-state index contributed by atoms with van der Waals surface area (Å²) in [6.07, 6.45) is 1.91. The largest absolute Gasteiger partial charge is 0.326 e. The van der Waals surface area contributed by atoms with E-state index in [0.29, 0.717) is 30.5 Å². The summed E-state index contributed by atoms with van der Waals surface area (Å²) in [7, 11) is 0. The topological polar surface area (TPSA) is 70.0 Å². The molecule has 0 aliphatic heterocycles. The third-order valence-electron chi connectivity index (χ3n) is 3.73. The Morgan fingerprint density at radius 2 is 2.15 bits per heavy atom. The predicted octanol–water partition coefficient (Wildman–Crippen LogP) is 2.94. The summed E-state index contributed by atoms with van der Waals surface area (Å²) in [5, 5.41) is 11.6. The maximum absolute atomic E-state index is 12.0. The fourth-order valence-corrected chi connectivity index (χ4v) is 2.19. The van der Waals surface area contributed by atoms with E-state index in [1.165, 1.54) is 0 Å². The Kier molecular flexibility index (Phi) is 4.19. The molecule has 1 aliphatic carbocycles. The van der Waals surface area contributed by atoms with Crippen molar-refractivity contribution < 1.29 is 9.59 Å². The minimum absolute atomic E-state index is 0.0284. The average Bonchev–Trinajstić information content (AvgIpc) is 2.44. The Hall–Kier alpha value is -2.15. The van der Waals surface area contributed by atoms with Gasteiger partial charge in [0, 0.05) is 29.5 Å².